The van der Waals surface area contributed by atoms with Crippen LogP contribution in [0.4, 0.5) is 0 Å². The molecule has 2 aliphatic rings. The van der Waals surface area contributed by atoms with Crippen LogP contribution in [0.15, 0.2) is 0 Å². The Balaban J connectivity index is 1.72. The van der Waals surface area contributed by atoms with Crippen LogP contribution in [0.25, 0.3) is 0 Å². The molecule has 2 saturated heterocycles. The molecule has 2 nitrogen and oxygen atoms in total. The third-order valence-corrected chi connectivity index (χ3v) is 3.89. The maximum Gasteiger partial charge on any atom is 0.0702 e. The van der Waals surface area contributed by atoms with E-state index < -0.39 is 0 Å². The van der Waals surface area contributed by atoms with Gasteiger partial charge in [-0.2, -0.15) is 0 Å². The molecule has 0 radical (unpaired) electrons. The fourth-order valence-corrected chi connectivity index (χ4v) is 3.25. The number of ether oxygens (including phenoxy) is 1. The van der Waals surface area contributed by atoms with E-state index in [9.17, 15) is 0 Å². The Bertz CT molecular complexity index is 199. The van der Waals surface area contributed by atoms with Gasteiger partial charge in [0.15, 0.2) is 0 Å². The summed E-state index contributed by atoms with van der Waals surface area (Å²) in [5.41, 5.74) is 0. The maximum absolute atomic E-state index is 5.73. The summed E-state index contributed by atoms with van der Waals surface area (Å²) in [5.74, 6) is 1.79. The van der Waals surface area contributed by atoms with Crippen molar-refractivity contribution in [2.24, 2.45) is 11.8 Å². The van der Waals surface area contributed by atoms with Crippen LogP contribution in [-0.4, -0.2) is 37.2 Å². The molecule has 2 atom stereocenters. The monoisotopic (exact) mass is 225 g/mol. The third kappa shape index (κ3) is 3.74. The van der Waals surface area contributed by atoms with Gasteiger partial charge in [-0.15, -0.1) is 0 Å². The average Bonchev–Trinajstić information content (AvgIpc) is 2.70. The molecule has 0 aromatic carbocycles. The molecule has 16 heavy (non-hydrogen) atoms. The lowest BCUT2D eigenvalue weighted by Crippen LogP contribution is -2.40. The van der Waals surface area contributed by atoms with E-state index in [0.717, 1.165) is 18.4 Å². The first-order valence-electron chi connectivity index (χ1n) is 7.08. The standard InChI is InChI=1S/C14H27NO/c1-12(2)9-13-5-3-7-15(10-13)11-14-6-4-8-16-14/h12-14H,3-11H2,1-2H3. The number of nitrogens with zero attached hydrogens (tertiary/aromatic N) is 1. The number of hydrogen-bond donors (Lipinski definition) is 0. The summed E-state index contributed by atoms with van der Waals surface area (Å²) in [5, 5.41) is 0. The Kier molecular flexibility index (Phi) is 4.66. The predicted octanol–water partition coefficient (Wildman–Crippen LogP) is 2.92. The maximum atomic E-state index is 5.73. The van der Waals surface area contributed by atoms with Crippen molar-refractivity contribution < 1.29 is 4.74 Å². The van der Waals surface area contributed by atoms with Crippen molar-refractivity contribution in [1.82, 2.24) is 4.90 Å². The third-order valence-electron chi connectivity index (χ3n) is 3.89. The van der Waals surface area contributed by atoms with Gasteiger partial charge in [-0.25, -0.2) is 0 Å². The van der Waals surface area contributed by atoms with Gasteiger partial charge in [0, 0.05) is 19.7 Å². The van der Waals surface area contributed by atoms with Gasteiger partial charge in [-0.05, 0) is 50.5 Å². The molecular weight excluding hydrogens is 198 g/mol. The van der Waals surface area contributed by atoms with Crippen molar-refractivity contribution in [3.63, 3.8) is 0 Å². The molecule has 2 unspecified atom stereocenters. The molecule has 0 amide bonds. The highest BCUT2D eigenvalue weighted by atomic mass is 16.5. The van der Waals surface area contributed by atoms with Gasteiger partial charge in [0.2, 0.25) is 0 Å². The summed E-state index contributed by atoms with van der Waals surface area (Å²) in [4.78, 5) is 2.65. The summed E-state index contributed by atoms with van der Waals surface area (Å²) in [6, 6.07) is 0. The molecule has 0 saturated carbocycles. The summed E-state index contributed by atoms with van der Waals surface area (Å²) >= 11 is 0. The predicted molar refractivity (Wildman–Crippen MR) is 67.6 cm³/mol. The van der Waals surface area contributed by atoms with Gasteiger partial charge in [0.25, 0.3) is 0 Å². The second-order valence-electron chi connectivity index (χ2n) is 6.03. The van der Waals surface area contributed by atoms with E-state index in [1.54, 1.807) is 0 Å². The molecule has 0 aromatic rings. The topological polar surface area (TPSA) is 12.5 Å². The van der Waals surface area contributed by atoms with Crippen LogP contribution in [0, 0.1) is 11.8 Å². The molecule has 2 rings (SSSR count). The minimum atomic E-state index is 0.540. The Morgan fingerprint density at radius 3 is 2.81 bits per heavy atom. The second-order valence-corrected chi connectivity index (χ2v) is 6.03. The number of rotatable bonds is 4. The van der Waals surface area contributed by atoms with Crippen LogP contribution in [0.2, 0.25) is 0 Å². The van der Waals surface area contributed by atoms with Gasteiger partial charge >= 0.3 is 0 Å². The van der Waals surface area contributed by atoms with Crippen LogP contribution in [0.5, 0.6) is 0 Å². The van der Waals surface area contributed by atoms with Crippen molar-refractivity contribution in [3.05, 3.63) is 0 Å². The van der Waals surface area contributed by atoms with Crippen molar-refractivity contribution in [2.75, 3.05) is 26.2 Å². The average molecular weight is 225 g/mol. The van der Waals surface area contributed by atoms with E-state index in [-0.39, 0.29) is 0 Å². The normalized spacial score (nSPS) is 32.4. The summed E-state index contributed by atoms with van der Waals surface area (Å²) in [7, 11) is 0. The van der Waals surface area contributed by atoms with E-state index in [1.807, 2.05) is 0 Å². The lowest BCUT2D eigenvalue weighted by molar-refractivity contribution is 0.0542. The smallest absolute Gasteiger partial charge is 0.0702 e. The highest BCUT2D eigenvalue weighted by molar-refractivity contribution is 4.77. The summed E-state index contributed by atoms with van der Waals surface area (Å²) < 4.78 is 5.73. The van der Waals surface area contributed by atoms with Crippen molar-refractivity contribution in [1.29, 1.82) is 0 Å². The molecule has 0 spiro atoms. The zero-order valence-corrected chi connectivity index (χ0v) is 11.0. The Morgan fingerprint density at radius 1 is 1.25 bits per heavy atom. The van der Waals surface area contributed by atoms with Gasteiger partial charge in [0.05, 0.1) is 6.10 Å². The quantitative estimate of drug-likeness (QED) is 0.729. The van der Waals surface area contributed by atoms with Gasteiger partial charge in [0.1, 0.15) is 0 Å². The molecule has 2 aliphatic heterocycles. The molecule has 0 N–H and O–H groups in total. The molecule has 2 heterocycles. The Hall–Kier alpha value is -0.0800. The second kappa shape index (κ2) is 6.02. The molecule has 94 valence electrons. The number of hydrogen-bond acceptors (Lipinski definition) is 2. The van der Waals surface area contributed by atoms with Crippen molar-refractivity contribution in [3.8, 4) is 0 Å². The highest BCUT2D eigenvalue weighted by Crippen LogP contribution is 2.24. The van der Waals surface area contributed by atoms with E-state index in [2.05, 4.69) is 18.7 Å². The van der Waals surface area contributed by atoms with Crippen LogP contribution in [0.3, 0.4) is 0 Å². The molecule has 2 heteroatoms. The lowest BCUT2D eigenvalue weighted by atomic mass is 9.89. The van der Waals surface area contributed by atoms with Crippen LogP contribution >= 0.6 is 0 Å². The molecular formula is C14H27NO. The van der Waals surface area contributed by atoms with Gasteiger partial charge in [-0.1, -0.05) is 13.8 Å². The summed E-state index contributed by atoms with van der Waals surface area (Å²) in [6.07, 6.45) is 7.34. The Morgan fingerprint density at radius 2 is 2.12 bits per heavy atom. The first-order chi connectivity index (χ1) is 7.74. The largest absolute Gasteiger partial charge is 0.377 e. The Labute approximate surface area is 100 Å². The fourth-order valence-electron chi connectivity index (χ4n) is 3.25. The van der Waals surface area contributed by atoms with Gasteiger partial charge in [-0.3, -0.25) is 0 Å². The zero-order chi connectivity index (χ0) is 11.4. The van der Waals surface area contributed by atoms with Crippen LogP contribution in [-0.2, 0) is 4.74 Å². The van der Waals surface area contributed by atoms with E-state index in [1.165, 1.54) is 51.7 Å². The van der Waals surface area contributed by atoms with Crippen LogP contribution < -0.4 is 0 Å². The minimum Gasteiger partial charge on any atom is -0.377 e. The summed E-state index contributed by atoms with van der Waals surface area (Å²) in [6.45, 7) is 9.49. The van der Waals surface area contributed by atoms with E-state index >= 15 is 0 Å². The first-order valence-corrected chi connectivity index (χ1v) is 7.08. The highest BCUT2D eigenvalue weighted by Gasteiger charge is 2.24. The van der Waals surface area contributed by atoms with E-state index in [0.29, 0.717) is 6.10 Å². The fraction of sp³-hybridized carbons (Fsp3) is 1.00. The molecule has 0 aliphatic carbocycles. The van der Waals surface area contributed by atoms with Crippen molar-refractivity contribution >= 4 is 0 Å². The van der Waals surface area contributed by atoms with E-state index in [4.69, 9.17) is 4.74 Å². The molecule has 0 aromatic heterocycles. The number of likely N-dealkylation sites (tertiary alicyclic amines) is 1. The SMILES string of the molecule is CC(C)CC1CCCN(CC2CCCO2)C1. The minimum absolute atomic E-state index is 0.540. The zero-order valence-electron chi connectivity index (χ0n) is 11.0. The molecule has 2 fully saturated rings. The first kappa shape index (κ1) is 12.4. The van der Waals surface area contributed by atoms with Gasteiger partial charge < -0.3 is 9.64 Å². The number of piperidine rings is 1. The van der Waals surface area contributed by atoms with Crippen molar-refractivity contribution in [2.45, 2.75) is 52.1 Å². The van der Waals surface area contributed by atoms with Crippen LogP contribution in [0.1, 0.15) is 46.0 Å². The lowest BCUT2D eigenvalue weighted by Gasteiger charge is -2.34. The molecule has 0 bridgehead atoms.